The number of thioether (sulfide) groups is 1. The molecular formula is C19H32O3S. The number of carboxylic acid groups (broad SMARTS) is 1. The summed E-state index contributed by atoms with van der Waals surface area (Å²) in [6.07, 6.45) is 15.5. The lowest BCUT2D eigenvalue weighted by Crippen LogP contribution is -2.10. The van der Waals surface area contributed by atoms with E-state index in [0.29, 0.717) is 11.8 Å². The quantitative estimate of drug-likeness (QED) is 0.400. The summed E-state index contributed by atoms with van der Waals surface area (Å²) in [5.41, 5.74) is 0. The molecule has 1 rings (SSSR count). The SMILES string of the molecule is CCCCCC(O)C=C[C@@H]1CSC[C@@H]1CC=CCCCC(=O)O. The molecule has 3 nitrogen and oxygen atoms in total. The molecule has 4 heteroatoms. The van der Waals surface area contributed by atoms with Crippen LogP contribution in [0, 0.1) is 11.8 Å². The molecule has 1 heterocycles. The zero-order valence-corrected chi connectivity index (χ0v) is 15.1. The van der Waals surface area contributed by atoms with Crippen LogP contribution in [0.1, 0.15) is 58.3 Å². The van der Waals surface area contributed by atoms with Crippen molar-refractivity contribution in [2.45, 2.75) is 64.4 Å². The van der Waals surface area contributed by atoms with Crippen LogP contribution in [0.4, 0.5) is 0 Å². The number of aliphatic hydroxyl groups excluding tert-OH is 1. The molecule has 1 unspecified atom stereocenters. The molecule has 3 atom stereocenters. The van der Waals surface area contributed by atoms with Crippen molar-refractivity contribution in [2.75, 3.05) is 11.5 Å². The van der Waals surface area contributed by atoms with E-state index in [9.17, 15) is 9.90 Å². The molecule has 1 aliphatic rings. The van der Waals surface area contributed by atoms with Crippen molar-refractivity contribution in [3.63, 3.8) is 0 Å². The number of hydrogen-bond donors (Lipinski definition) is 2. The third-order valence-corrected chi connectivity index (χ3v) is 5.58. The minimum absolute atomic E-state index is 0.255. The predicted molar refractivity (Wildman–Crippen MR) is 98.8 cm³/mol. The van der Waals surface area contributed by atoms with Gasteiger partial charge in [-0.25, -0.2) is 0 Å². The molecule has 0 bridgehead atoms. The maximum Gasteiger partial charge on any atom is 0.303 e. The fourth-order valence-corrected chi connectivity index (χ4v) is 4.28. The molecule has 0 spiro atoms. The first-order chi connectivity index (χ1) is 11.1. The first kappa shape index (κ1) is 20.3. The summed E-state index contributed by atoms with van der Waals surface area (Å²) in [6.45, 7) is 2.18. The Morgan fingerprint density at radius 2 is 2.09 bits per heavy atom. The average Bonchev–Trinajstić information content (AvgIpc) is 2.96. The summed E-state index contributed by atoms with van der Waals surface area (Å²) in [4.78, 5) is 10.4. The fraction of sp³-hybridized carbons (Fsp3) is 0.737. The molecule has 1 saturated heterocycles. The summed E-state index contributed by atoms with van der Waals surface area (Å²) in [5.74, 6) is 2.82. The van der Waals surface area contributed by atoms with Gasteiger partial charge in [0.1, 0.15) is 0 Å². The molecule has 0 aromatic carbocycles. The zero-order chi connectivity index (χ0) is 16.9. The predicted octanol–water partition coefficient (Wildman–Crippen LogP) is 4.66. The number of unbranched alkanes of at least 4 members (excludes halogenated alkanes) is 3. The van der Waals surface area contributed by atoms with Crippen molar-refractivity contribution in [3.8, 4) is 0 Å². The van der Waals surface area contributed by atoms with Crippen LogP contribution in [-0.4, -0.2) is 33.8 Å². The van der Waals surface area contributed by atoms with Gasteiger partial charge in [0.25, 0.3) is 0 Å². The maximum absolute atomic E-state index is 10.4. The van der Waals surface area contributed by atoms with Crippen molar-refractivity contribution in [1.29, 1.82) is 0 Å². The van der Waals surface area contributed by atoms with E-state index in [1.165, 1.54) is 18.6 Å². The molecule has 1 fully saturated rings. The number of aliphatic carboxylic acids is 1. The van der Waals surface area contributed by atoms with Crippen molar-refractivity contribution in [2.24, 2.45) is 11.8 Å². The van der Waals surface area contributed by atoms with Crippen LogP contribution in [0.15, 0.2) is 24.3 Å². The van der Waals surface area contributed by atoms with E-state index in [4.69, 9.17) is 5.11 Å². The lowest BCUT2D eigenvalue weighted by atomic mass is 9.91. The number of carboxylic acids is 1. The van der Waals surface area contributed by atoms with Gasteiger partial charge in [-0.1, -0.05) is 50.5 Å². The Hall–Kier alpha value is -0.740. The molecular weight excluding hydrogens is 308 g/mol. The molecule has 1 aliphatic heterocycles. The normalized spacial score (nSPS) is 23.0. The first-order valence-electron chi connectivity index (χ1n) is 8.94. The van der Waals surface area contributed by atoms with E-state index in [1.54, 1.807) is 0 Å². The summed E-state index contributed by atoms with van der Waals surface area (Å²) in [6, 6.07) is 0. The number of hydrogen-bond acceptors (Lipinski definition) is 3. The van der Waals surface area contributed by atoms with E-state index >= 15 is 0 Å². The Morgan fingerprint density at radius 3 is 2.83 bits per heavy atom. The molecule has 132 valence electrons. The Labute approximate surface area is 145 Å². The number of rotatable bonds is 12. The third kappa shape index (κ3) is 9.87. The maximum atomic E-state index is 10.4. The van der Waals surface area contributed by atoms with Crippen LogP contribution in [0.3, 0.4) is 0 Å². The highest BCUT2D eigenvalue weighted by atomic mass is 32.2. The highest BCUT2D eigenvalue weighted by molar-refractivity contribution is 7.99. The minimum Gasteiger partial charge on any atom is -0.481 e. The van der Waals surface area contributed by atoms with Gasteiger partial charge in [0.15, 0.2) is 0 Å². The van der Waals surface area contributed by atoms with Crippen molar-refractivity contribution < 1.29 is 15.0 Å². The van der Waals surface area contributed by atoms with Gasteiger partial charge in [0.05, 0.1) is 6.10 Å². The molecule has 0 aliphatic carbocycles. The Balaban J connectivity index is 2.24. The van der Waals surface area contributed by atoms with Gasteiger partial charge in [-0.15, -0.1) is 0 Å². The van der Waals surface area contributed by atoms with Crippen LogP contribution in [0.2, 0.25) is 0 Å². The van der Waals surface area contributed by atoms with Gasteiger partial charge in [-0.2, -0.15) is 11.8 Å². The summed E-state index contributed by atoms with van der Waals surface area (Å²) >= 11 is 1.99. The monoisotopic (exact) mass is 340 g/mol. The first-order valence-corrected chi connectivity index (χ1v) is 10.1. The standard InChI is InChI=1S/C19H32O3S/c1-2-3-6-10-18(20)13-12-17-15-23-14-16(17)9-7-4-5-8-11-19(21)22/h4,7,12-13,16-18,20H,2-3,5-6,8-11,14-15H2,1H3,(H,21,22)/t16-,17+,18?/m0/s1. The summed E-state index contributed by atoms with van der Waals surface area (Å²) in [7, 11) is 0. The zero-order valence-electron chi connectivity index (χ0n) is 14.3. The van der Waals surface area contributed by atoms with Crippen LogP contribution >= 0.6 is 11.8 Å². The van der Waals surface area contributed by atoms with Gasteiger partial charge in [0.2, 0.25) is 0 Å². The molecule has 0 amide bonds. The van der Waals surface area contributed by atoms with Gasteiger partial charge < -0.3 is 10.2 Å². The Kier molecular flexibility index (Phi) is 11.2. The second-order valence-corrected chi connectivity index (χ2v) is 7.48. The second-order valence-electron chi connectivity index (χ2n) is 6.40. The summed E-state index contributed by atoms with van der Waals surface area (Å²) < 4.78 is 0. The fourth-order valence-electron chi connectivity index (χ4n) is 2.80. The number of carbonyl (C=O) groups is 1. The summed E-state index contributed by atoms with van der Waals surface area (Å²) in [5, 5.41) is 18.6. The van der Waals surface area contributed by atoms with E-state index in [-0.39, 0.29) is 12.5 Å². The topological polar surface area (TPSA) is 57.5 Å². The Morgan fingerprint density at radius 1 is 1.26 bits per heavy atom. The van der Waals surface area contributed by atoms with Gasteiger partial charge >= 0.3 is 5.97 Å². The van der Waals surface area contributed by atoms with Crippen LogP contribution in [0.5, 0.6) is 0 Å². The lowest BCUT2D eigenvalue weighted by Gasteiger charge is -2.14. The Bertz CT molecular complexity index is 379. The van der Waals surface area contributed by atoms with Crippen molar-refractivity contribution >= 4 is 17.7 Å². The molecule has 2 N–H and O–H groups in total. The van der Waals surface area contributed by atoms with E-state index in [1.807, 2.05) is 17.8 Å². The van der Waals surface area contributed by atoms with Crippen LogP contribution in [0.25, 0.3) is 0 Å². The third-order valence-electron chi connectivity index (χ3n) is 4.30. The second kappa shape index (κ2) is 12.7. The van der Waals surface area contributed by atoms with Gasteiger partial charge in [-0.3, -0.25) is 4.79 Å². The van der Waals surface area contributed by atoms with Crippen molar-refractivity contribution in [1.82, 2.24) is 0 Å². The van der Waals surface area contributed by atoms with Crippen LogP contribution < -0.4 is 0 Å². The highest BCUT2D eigenvalue weighted by Gasteiger charge is 2.24. The number of allylic oxidation sites excluding steroid dienone is 3. The molecule has 0 aromatic heterocycles. The minimum atomic E-state index is -0.715. The van der Waals surface area contributed by atoms with Gasteiger partial charge in [0, 0.05) is 6.42 Å². The average molecular weight is 341 g/mol. The van der Waals surface area contributed by atoms with Crippen LogP contribution in [-0.2, 0) is 4.79 Å². The smallest absolute Gasteiger partial charge is 0.303 e. The van der Waals surface area contributed by atoms with E-state index in [0.717, 1.165) is 37.9 Å². The highest BCUT2D eigenvalue weighted by Crippen LogP contribution is 2.33. The van der Waals surface area contributed by atoms with Gasteiger partial charge in [-0.05, 0) is 49.0 Å². The van der Waals surface area contributed by atoms with Crippen molar-refractivity contribution in [3.05, 3.63) is 24.3 Å². The number of aliphatic hydroxyl groups is 1. The molecule has 0 saturated carbocycles. The van der Waals surface area contributed by atoms with E-state index in [2.05, 4.69) is 25.2 Å². The largest absolute Gasteiger partial charge is 0.481 e. The van der Waals surface area contributed by atoms with E-state index < -0.39 is 5.97 Å². The molecule has 23 heavy (non-hydrogen) atoms. The molecule has 0 aromatic rings. The lowest BCUT2D eigenvalue weighted by molar-refractivity contribution is -0.137. The molecule has 0 radical (unpaired) electrons.